The quantitative estimate of drug-likeness (QED) is 0.795. The second kappa shape index (κ2) is 5.21. The number of nitrogens with one attached hydrogen (secondary N) is 1. The third kappa shape index (κ3) is 2.39. The van der Waals surface area contributed by atoms with Crippen LogP contribution in [0, 0.1) is 0 Å². The van der Waals surface area contributed by atoms with E-state index in [1.807, 2.05) is 0 Å². The molecule has 0 radical (unpaired) electrons. The van der Waals surface area contributed by atoms with Crippen LogP contribution in [0.4, 0.5) is 0 Å². The van der Waals surface area contributed by atoms with Crippen molar-refractivity contribution in [2.45, 2.75) is 63.5 Å². The van der Waals surface area contributed by atoms with E-state index in [0.717, 1.165) is 0 Å². The van der Waals surface area contributed by atoms with E-state index < -0.39 is 0 Å². The second-order valence-electron chi connectivity index (χ2n) is 5.52. The van der Waals surface area contributed by atoms with Crippen molar-refractivity contribution in [3.63, 3.8) is 0 Å². The molecule has 1 aliphatic carbocycles. The summed E-state index contributed by atoms with van der Waals surface area (Å²) >= 11 is 0. The maximum Gasteiger partial charge on any atom is 0.0951 e. The van der Waals surface area contributed by atoms with E-state index in [0.29, 0.717) is 12.1 Å². The van der Waals surface area contributed by atoms with Crippen LogP contribution in [0.1, 0.15) is 69.1 Å². The SMILES string of the molecule is c1ncn(C2CCCCCC2)c1[C@@H]1CCCN1. The molecule has 1 atom stereocenters. The molecule has 1 saturated carbocycles. The summed E-state index contributed by atoms with van der Waals surface area (Å²) in [7, 11) is 0. The zero-order chi connectivity index (χ0) is 11.5. The standard InChI is InChI=1S/C14H23N3/c1-2-4-7-12(6-3-1)17-11-15-10-14(17)13-8-5-9-16-13/h10-13,16H,1-9H2/t13-/m0/s1. The number of rotatable bonds is 2. The summed E-state index contributed by atoms with van der Waals surface area (Å²) in [5, 5.41) is 3.59. The fourth-order valence-electron chi connectivity index (χ4n) is 3.36. The van der Waals surface area contributed by atoms with Gasteiger partial charge in [0.2, 0.25) is 0 Å². The Hall–Kier alpha value is -0.830. The molecular weight excluding hydrogens is 210 g/mol. The Morgan fingerprint density at radius 2 is 1.88 bits per heavy atom. The van der Waals surface area contributed by atoms with Gasteiger partial charge in [-0.05, 0) is 32.2 Å². The van der Waals surface area contributed by atoms with Gasteiger partial charge in [-0.25, -0.2) is 4.98 Å². The Labute approximate surface area is 104 Å². The van der Waals surface area contributed by atoms with E-state index in [-0.39, 0.29) is 0 Å². The predicted molar refractivity (Wildman–Crippen MR) is 68.9 cm³/mol. The Morgan fingerprint density at radius 3 is 2.59 bits per heavy atom. The Bertz CT molecular complexity index is 344. The smallest absolute Gasteiger partial charge is 0.0951 e. The first-order chi connectivity index (χ1) is 8.45. The number of hydrogen-bond acceptors (Lipinski definition) is 2. The molecule has 0 amide bonds. The van der Waals surface area contributed by atoms with E-state index in [2.05, 4.69) is 27.4 Å². The highest BCUT2D eigenvalue weighted by molar-refractivity contribution is 5.08. The van der Waals surface area contributed by atoms with Gasteiger partial charge in [-0.15, -0.1) is 0 Å². The number of imidazole rings is 1. The minimum Gasteiger partial charge on any atom is -0.330 e. The zero-order valence-electron chi connectivity index (χ0n) is 10.6. The van der Waals surface area contributed by atoms with Crippen LogP contribution in [0.2, 0.25) is 0 Å². The van der Waals surface area contributed by atoms with Gasteiger partial charge in [0, 0.05) is 18.3 Å². The van der Waals surface area contributed by atoms with Crippen LogP contribution in [0.3, 0.4) is 0 Å². The van der Waals surface area contributed by atoms with Crippen molar-refractivity contribution < 1.29 is 0 Å². The molecule has 2 heterocycles. The number of aromatic nitrogens is 2. The minimum absolute atomic E-state index is 0.556. The summed E-state index contributed by atoms with van der Waals surface area (Å²) in [5.41, 5.74) is 1.43. The summed E-state index contributed by atoms with van der Waals surface area (Å²) in [4.78, 5) is 4.40. The molecule has 2 aliphatic rings. The molecule has 1 aliphatic heterocycles. The van der Waals surface area contributed by atoms with Crippen molar-refractivity contribution >= 4 is 0 Å². The van der Waals surface area contributed by atoms with E-state index in [4.69, 9.17) is 0 Å². The number of hydrogen-bond donors (Lipinski definition) is 1. The third-order valence-electron chi connectivity index (χ3n) is 4.33. The van der Waals surface area contributed by atoms with E-state index in [1.165, 1.54) is 63.6 Å². The Balaban J connectivity index is 1.79. The van der Waals surface area contributed by atoms with Gasteiger partial charge in [0.1, 0.15) is 0 Å². The topological polar surface area (TPSA) is 29.9 Å². The van der Waals surface area contributed by atoms with Crippen LogP contribution < -0.4 is 5.32 Å². The van der Waals surface area contributed by atoms with Crippen molar-refractivity contribution in [2.75, 3.05) is 6.54 Å². The summed E-state index contributed by atoms with van der Waals surface area (Å²) in [6, 6.07) is 1.26. The lowest BCUT2D eigenvalue weighted by molar-refractivity contribution is 0.416. The summed E-state index contributed by atoms with van der Waals surface area (Å²) in [6.07, 6.45) is 15.0. The molecule has 0 unspecified atom stereocenters. The average Bonchev–Trinajstić information content (AvgIpc) is 2.95. The van der Waals surface area contributed by atoms with Crippen LogP contribution in [-0.4, -0.2) is 16.1 Å². The first-order valence-corrected chi connectivity index (χ1v) is 7.20. The monoisotopic (exact) mass is 233 g/mol. The fraction of sp³-hybridized carbons (Fsp3) is 0.786. The van der Waals surface area contributed by atoms with Gasteiger partial charge in [-0.2, -0.15) is 0 Å². The lowest BCUT2D eigenvalue weighted by Crippen LogP contribution is -2.19. The maximum atomic E-state index is 4.40. The van der Waals surface area contributed by atoms with Crippen LogP contribution in [-0.2, 0) is 0 Å². The summed E-state index contributed by atoms with van der Waals surface area (Å²) < 4.78 is 2.47. The van der Waals surface area contributed by atoms with Crippen LogP contribution in [0.15, 0.2) is 12.5 Å². The van der Waals surface area contributed by atoms with Crippen LogP contribution >= 0.6 is 0 Å². The molecular formula is C14H23N3. The van der Waals surface area contributed by atoms with Gasteiger partial charge in [-0.3, -0.25) is 0 Å². The molecule has 94 valence electrons. The first kappa shape index (κ1) is 11.3. The molecule has 17 heavy (non-hydrogen) atoms. The van der Waals surface area contributed by atoms with E-state index >= 15 is 0 Å². The van der Waals surface area contributed by atoms with Crippen LogP contribution in [0.5, 0.6) is 0 Å². The largest absolute Gasteiger partial charge is 0.330 e. The Kier molecular flexibility index (Phi) is 3.46. The molecule has 0 bridgehead atoms. The van der Waals surface area contributed by atoms with Gasteiger partial charge >= 0.3 is 0 Å². The lowest BCUT2D eigenvalue weighted by atomic mass is 10.1. The summed E-state index contributed by atoms with van der Waals surface area (Å²) in [6.45, 7) is 1.17. The zero-order valence-corrected chi connectivity index (χ0v) is 10.6. The van der Waals surface area contributed by atoms with Crippen LogP contribution in [0.25, 0.3) is 0 Å². The molecule has 3 heteroatoms. The Morgan fingerprint density at radius 1 is 1.06 bits per heavy atom. The predicted octanol–water partition coefficient (Wildman–Crippen LogP) is 3.20. The van der Waals surface area contributed by atoms with Crippen molar-refractivity contribution in [3.8, 4) is 0 Å². The molecule has 3 rings (SSSR count). The molecule has 2 fully saturated rings. The van der Waals surface area contributed by atoms with Crippen molar-refractivity contribution in [1.29, 1.82) is 0 Å². The molecule has 0 spiro atoms. The molecule has 3 nitrogen and oxygen atoms in total. The maximum absolute atomic E-state index is 4.40. The summed E-state index contributed by atoms with van der Waals surface area (Å²) in [5.74, 6) is 0. The molecule has 1 aromatic heterocycles. The normalized spacial score (nSPS) is 27.2. The van der Waals surface area contributed by atoms with E-state index in [9.17, 15) is 0 Å². The highest BCUT2D eigenvalue weighted by Crippen LogP contribution is 2.31. The average molecular weight is 233 g/mol. The van der Waals surface area contributed by atoms with Crippen molar-refractivity contribution in [3.05, 3.63) is 18.2 Å². The van der Waals surface area contributed by atoms with Crippen molar-refractivity contribution in [2.24, 2.45) is 0 Å². The molecule has 0 aromatic carbocycles. The van der Waals surface area contributed by atoms with Gasteiger partial charge in [0.25, 0.3) is 0 Å². The third-order valence-corrected chi connectivity index (χ3v) is 4.33. The number of nitrogens with zero attached hydrogens (tertiary/aromatic N) is 2. The van der Waals surface area contributed by atoms with Gasteiger partial charge in [0.15, 0.2) is 0 Å². The van der Waals surface area contributed by atoms with Gasteiger partial charge in [-0.1, -0.05) is 25.7 Å². The fourth-order valence-corrected chi connectivity index (χ4v) is 3.36. The van der Waals surface area contributed by atoms with Gasteiger partial charge < -0.3 is 9.88 Å². The highest BCUT2D eigenvalue weighted by atomic mass is 15.1. The second-order valence-corrected chi connectivity index (χ2v) is 5.52. The van der Waals surface area contributed by atoms with Crippen molar-refractivity contribution in [1.82, 2.24) is 14.9 Å². The molecule has 1 aromatic rings. The molecule has 1 N–H and O–H groups in total. The van der Waals surface area contributed by atoms with Gasteiger partial charge in [0.05, 0.1) is 12.0 Å². The van der Waals surface area contributed by atoms with E-state index in [1.54, 1.807) is 0 Å². The molecule has 1 saturated heterocycles. The minimum atomic E-state index is 0.556. The first-order valence-electron chi connectivity index (χ1n) is 7.20. The lowest BCUT2D eigenvalue weighted by Gasteiger charge is -2.21. The highest BCUT2D eigenvalue weighted by Gasteiger charge is 2.23.